The van der Waals surface area contributed by atoms with E-state index in [1.54, 1.807) is 0 Å². The maximum absolute atomic E-state index is 13.8. The summed E-state index contributed by atoms with van der Waals surface area (Å²) in [6.45, 7) is 4.17. The Kier molecular flexibility index (Phi) is 4.53. The van der Waals surface area contributed by atoms with Gasteiger partial charge < -0.3 is 5.73 Å². The van der Waals surface area contributed by atoms with Gasteiger partial charge in [-0.2, -0.15) is 0 Å². The van der Waals surface area contributed by atoms with Crippen molar-refractivity contribution in [3.8, 4) is 0 Å². The molecule has 7 heteroatoms. The van der Waals surface area contributed by atoms with E-state index in [1.165, 1.54) is 0 Å². The first-order valence-electron chi connectivity index (χ1n) is 6.97. The Morgan fingerprint density at radius 3 is 2.24 bits per heavy atom. The molecule has 1 saturated carbocycles. The molecule has 1 fully saturated rings. The van der Waals surface area contributed by atoms with Crippen LogP contribution in [0.2, 0.25) is 0 Å². The van der Waals surface area contributed by atoms with Crippen molar-refractivity contribution < 1.29 is 17.2 Å². The molecule has 3 unspecified atom stereocenters. The van der Waals surface area contributed by atoms with Crippen molar-refractivity contribution in [2.24, 2.45) is 11.8 Å². The molecule has 0 radical (unpaired) electrons. The van der Waals surface area contributed by atoms with Gasteiger partial charge in [-0.25, -0.2) is 21.9 Å². The molecule has 2 rings (SSSR count). The quantitative estimate of drug-likeness (QED) is 0.842. The average molecular weight is 318 g/mol. The van der Waals surface area contributed by atoms with E-state index in [4.69, 9.17) is 5.73 Å². The molecule has 0 bridgehead atoms. The standard InChI is InChI=1S/C14H20F2N2O2S/c1-8-3-4-11(5-9(8)2)18-21(19,20)14-12(15)6-10(17)7-13(14)16/h6-9,11,18H,3-5,17H2,1-2H3. The molecule has 1 aromatic carbocycles. The Morgan fingerprint density at radius 1 is 1.14 bits per heavy atom. The maximum Gasteiger partial charge on any atom is 0.246 e. The Balaban J connectivity index is 2.24. The van der Waals surface area contributed by atoms with Crippen molar-refractivity contribution in [1.29, 1.82) is 0 Å². The second-order valence-electron chi connectivity index (χ2n) is 5.90. The molecule has 3 N–H and O–H groups in total. The van der Waals surface area contributed by atoms with Gasteiger partial charge >= 0.3 is 0 Å². The van der Waals surface area contributed by atoms with Crippen LogP contribution < -0.4 is 10.5 Å². The Morgan fingerprint density at radius 2 is 1.71 bits per heavy atom. The van der Waals surface area contributed by atoms with Crippen LogP contribution >= 0.6 is 0 Å². The normalized spacial score (nSPS) is 26.8. The van der Waals surface area contributed by atoms with Gasteiger partial charge in [0.15, 0.2) is 4.90 Å². The van der Waals surface area contributed by atoms with Gasteiger partial charge in [-0.05, 0) is 43.2 Å². The summed E-state index contributed by atoms with van der Waals surface area (Å²) in [6.07, 6.45) is 2.22. The van der Waals surface area contributed by atoms with Crippen LogP contribution in [-0.4, -0.2) is 14.5 Å². The molecule has 0 amide bonds. The lowest BCUT2D eigenvalue weighted by Crippen LogP contribution is -2.40. The van der Waals surface area contributed by atoms with Crippen LogP contribution in [0.25, 0.3) is 0 Å². The molecule has 1 aromatic rings. The minimum Gasteiger partial charge on any atom is -0.399 e. The van der Waals surface area contributed by atoms with Crippen molar-refractivity contribution in [2.45, 2.75) is 44.0 Å². The predicted octanol–water partition coefficient (Wildman–Crippen LogP) is 2.65. The van der Waals surface area contributed by atoms with Crippen molar-refractivity contribution in [2.75, 3.05) is 5.73 Å². The molecular weight excluding hydrogens is 298 g/mol. The van der Waals surface area contributed by atoms with Gasteiger partial charge in [0.05, 0.1) is 0 Å². The van der Waals surface area contributed by atoms with Gasteiger partial charge in [0, 0.05) is 11.7 Å². The Bertz CT molecular complexity index is 611. The number of nitrogens with one attached hydrogen (secondary N) is 1. The number of anilines is 1. The van der Waals surface area contributed by atoms with E-state index in [0.717, 1.165) is 18.6 Å². The highest BCUT2D eigenvalue weighted by Crippen LogP contribution is 2.30. The number of benzene rings is 1. The van der Waals surface area contributed by atoms with Crippen molar-refractivity contribution in [3.63, 3.8) is 0 Å². The van der Waals surface area contributed by atoms with Gasteiger partial charge in [0.25, 0.3) is 0 Å². The first kappa shape index (κ1) is 16.2. The zero-order valence-corrected chi connectivity index (χ0v) is 12.9. The molecular formula is C14H20F2N2O2S. The summed E-state index contributed by atoms with van der Waals surface area (Å²) in [5.74, 6) is -1.45. The summed E-state index contributed by atoms with van der Waals surface area (Å²) in [4.78, 5) is -0.956. The third kappa shape index (κ3) is 3.52. The number of sulfonamides is 1. The molecule has 4 nitrogen and oxygen atoms in total. The molecule has 21 heavy (non-hydrogen) atoms. The number of hydrogen-bond donors (Lipinski definition) is 2. The van der Waals surface area contributed by atoms with Crippen LogP contribution in [0.15, 0.2) is 17.0 Å². The van der Waals surface area contributed by atoms with E-state index in [1.807, 2.05) is 0 Å². The third-order valence-corrected chi connectivity index (χ3v) is 5.78. The van der Waals surface area contributed by atoms with Gasteiger partial charge in [-0.15, -0.1) is 0 Å². The fraction of sp³-hybridized carbons (Fsp3) is 0.571. The zero-order chi connectivity index (χ0) is 15.8. The second-order valence-corrected chi connectivity index (χ2v) is 7.55. The van der Waals surface area contributed by atoms with E-state index in [-0.39, 0.29) is 11.7 Å². The van der Waals surface area contributed by atoms with Crippen LogP contribution in [-0.2, 0) is 10.0 Å². The van der Waals surface area contributed by atoms with E-state index in [2.05, 4.69) is 18.6 Å². The highest BCUT2D eigenvalue weighted by atomic mass is 32.2. The molecule has 0 heterocycles. The monoisotopic (exact) mass is 318 g/mol. The summed E-state index contributed by atoms with van der Waals surface area (Å²) < 4.78 is 54.4. The van der Waals surface area contributed by atoms with E-state index < -0.39 is 26.6 Å². The van der Waals surface area contributed by atoms with Crippen molar-refractivity contribution in [1.82, 2.24) is 4.72 Å². The van der Waals surface area contributed by atoms with Crippen molar-refractivity contribution >= 4 is 15.7 Å². The lowest BCUT2D eigenvalue weighted by molar-refractivity contribution is 0.241. The molecule has 1 aliphatic carbocycles. The van der Waals surface area contributed by atoms with Gasteiger partial charge in [-0.1, -0.05) is 13.8 Å². The van der Waals surface area contributed by atoms with Crippen LogP contribution in [0.1, 0.15) is 33.1 Å². The summed E-state index contributed by atoms with van der Waals surface area (Å²) in [5.41, 5.74) is 5.15. The number of halogens is 2. The molecule has 1 aliphatic rings. The first-order chi connectivity index (χ1) is 9.70. The third-order valence-electron chi connectivity index (χ3n) is 4.21. The lowest BCUT2D eigenvalue weighted by Gasteiger charge is -2.32. The SMILES string of the molecule is CC1CCC(NS(=O)(=O)c2c(F)cc(N)cc2F)CC1C. The number of nitrogens with two attached hydrogens (primary N) is 1. The average Bonchev–Trinajstić information content (AvgIpc) is 2.31. The predicted molar refractivity (Wildman–Crippen MR) is 77.1 cm³/mol. The lowest BCUT2D eigenvalue weighted by atomic mass is 9.79. The van der Waals surface area contributed by atoms with E-state index in [0.29, 0.717) is 24.7 Å². The fourth-order valence-corrected chi connectivity index (χ4v) is 4.17. The highest BCUT2D eigenvalue weighted by molar-refractivity contribution is 7.89. The first-order valence-corrected chi connectivity index (χ1v) is 8.46. The minimum absolute atomic E-state index is 0.149. The van der Waals surface area contributed by atoms with Gasteiger partial charge in [0.1, 0.15) is 11.6 Å². The number of nitrogen functional groups attached to an aromatic ring is 1. The van der Waals surface area contributed by atoms with Gasteiger partial charge in [-0.3, -0.25) is 0 Å². The van der Waals surface area contributed by atoms with Crippen molar-refractivity contribution in [3.05, 3.63) is 23.8 Å². The molecule has 3 atom stereocenters. The largest absolute Gasteiger partial charge is 0.399 e. The smallest absolute Gasteiger partial charge is 0.246 e. The summed E-state index contributed by atoms with van der Waals surface area (Å²) in [5, 5.41) is 0. The summed E-state index contributed by atoms with van der Waals surface area (Å²) in [6, 6.07) is 1.32. The number of rotatable bonds is 3. The molecule has 0 aliphatic heterocycles. The zero-order valence-electron chi connectivity index (χ0n) is 12.1. The summed E-state index contributed by atoms with van der Waals surface area (Å²) in [7, 11) is -4.23. The minimum atomic E-state index is -4.23. The molecule has 0 aromatic heterocycles. The molecule has 0 spiro atoms. The number of hydrogen-bond acceptors (Lipinski definition) is 3. The van der Waals surface area contributed by atoms with Gasteiger partial charge in [0.2, 0.25) is 10.0 Å². The van der Waals surface area contributed by atoms with Crippen LogP contribution in [0.4, 0.5) is 14.5 Å². The maximum atomic E-state index is 13.8. The van der Waals surface area contributed by atoms with E-state index in [9.17, 15) is 17.2 Å². The second kappa shape index (κ2) is 5.88. The van der Waals surface area contributed by atoms with Crippen LogP contribution in [0, 0.1) is 23.5 Å². The Labute approximate surface area is 123 Å². The van der Waals surface area contributed by atoms with E-state index >= 15 is 0 Å². The van der Waals surface area contributed by atoms with Crippen LogP contribution in [0.5, 0.6) is 0 Å². The topological polar surface area (TPSA) is 72.2 Å². The molecule has 118 valence electrons. The fourth-order valence-electron chi connectivity index (χ4n) is 2.77. The Hall–Kier alpha value is -1.21. The van der Waals surface area contributed by atoms with Crippen LogP contribution in [0.3, 0.4) is 0 Å². The highest BCUT2D eigenvalue weighted by Gasteiger charge is 2.31. The summed E-state index contributed by atoms with van der Waals surface area (Å²) >= 11 is 0. The molecule has 0 saturated heterocycles.